The molecule has 1 atom stereocenters. The highest BCUT2D eigenvalue weighted by atomic mass is 15.1. The first-order valence-electron chi connectivity index (χ1n) is 28.3. The first kappa shape index (κ1) is 53.3. The molecule has 0 fully saturated rings. The lowest BCUT2D eigenvalue weighted by atomic mass is 9.74. The van der Waals surface area contributed by atoms with Gasteiger partial charge in [0.2, 0.25) is 0 Å². The van der Waals surface area contributed by atoms with Crippen molar-refractivity contribution < 1.29 is 0 Å². The first-order valence-corrected chi connectivity index (χ1v) is 28.3. The number of hydrogen-bond donors (Lipinski definition) is 0. The maximum Gasteiger partial charge on any atom is 0.101 e. The molecule has 0 aromatic heterocycles. The van der Waals surface area contributed by atoms with E-state index < -0.39 is 0 Å². The molecule has 4 heteroatoms. The Kier molecular flexibility index (Phi) is 16.2. The van der Waals surface area contributed by atoms with E-state index in [0.29, 0.717) is 22.3 Å². The molecule has 0 amide bonds. The minimum Gasteiger partial charge on any atom is -0.311 e. The lowest BCUT2D eigenvalue weighted by molar-refractivity contribution is 0.694. The summed E-state index contributed by atoms with van der Waals surface area (Å²) in [6.07, 6.45) is 0. The van der Waals surface area contributed by atoms with Gasteiger partial charge in [0.15, 0.2) is 0 Å². The molecule has 12 aromatic carbocycles. The molecule has 0 N–H and O–H groups in total. The van der Waals surface area contributed by atoms with Gasteiger partial charge in [0.1, 0.15) is 12.1 Å². The maximum atomic E-state index is 10.9. The van der Waals surface area contributed by atoms with Crippen LogP contribution in [0, 0.1) is 22.7 Å². The number of nitrogens with zero attached hydrogens (tertiary/aromatic N) is 4. The van der Waals surface area contributed by atoms with Crippen molar-refractivity contribution >= 4 is 56.4 Å². The second-order valence-corrected chi connectivity index (χ2v) is 20.6. The molecule has 0 bridgehead atoms. The molecule has 398 valence electrons. The topological polar surface area (TPSA) is 54.1 Å². The maximum absolute atomic E-state index is 10.9. The van der Waals surface area contributed by atoms with Crippen molar-refractivity contribution in [3.8, 4) is 12.1 Å². The van der Waals surface area contributed by atoms with Crippen molar-refractivity contribution in [2.24, 2.45) is 0 Å². The summed E-state index contributed by atoms with van der Waals surface area (Å²) in [5.74, 6) is 0.108. The molecular formula is C80H58N4. The Bertz CT molecular complexity index is 4150. The first-order chi connectivity index (χ1) is 41.6. The van der Waals surface area contributed by atoms with Crippen LogP contribution in [0.15, 0.2) is 340 Å². The van der Waals surface area contributed by atoms with Gasteiger partial charge in [-0.05, 0) is 140 Å². The highest BCUT2D eigenvalue weighted by Crippen LogP contribution is 2.45. The van der Waals surface area contributed by atoms with Crippen LogP contribution in [0.1, 0.15) is 67.5 Å². The van der Waals surface area contributed by atoms with E-state index in [2.05, 4.69) is 277 Å². The van der Waals surface area contributed by atoms with Gasteiger partial charge in [-0.25, -0.2) is 0 Å². The third-order valence-electron chi connectivity index (χ3n) is 15.5. The van der Waals surface area contributed by atoms with Gasteiger partial charge in [-0.1, -0.05) is 267 Å². The summed E-state index contributed by atoms with van der Waals surface area (Å²) < 4.78 is 0. The SMILES string of the molecule is N#C/C(=C(/C#N)c1ccc(N(c2ccccc2)c2ccc(C(c3ccccc3)C(c3ccccc3)c3ccccc3)cc2)cc1)c1ccc(N(c2ccccc2)c2ccc(C(=C(c3ccccc3)c3ccccc3)c3ccccc3)cc2)cc1. The van der Waals surface area contributed by atoms with Gasteiger partial charge in [0, 0.05) is 46.0 Å². The molecule has 0 aliphatic rings. The van der Waals surface area contributed by atoms with Gasteiger partial charge < -0.3 is 9.80 Å². The average Bonchev–Trinajstić information content (AvgIpc) is 2.94. The Morgan fingerprint density at radius 1 is 0.214 bits per heavy atom. The number of rotatable bonds is 17. The van der Waals surface area contributed by atoms with Gasteiger partial charge >= 0.3 is 0 Å². The van der Waals surface area contributed by atoms with Gasteiger partial charge in [0.25, 0.3) is 0 Å². The van der Waals surface area contributed by atoms with Crippen molar-refractivity contribution in [2.45, 2.75) is 11.8 Å². The van der Waals surface area contributed by atoms with Crippen LogP contribution in [0.25, 0.3) is 22.3 Å². The summed E-state index contributed by atoms with van der Waals surface area (Å²) in [4.78, 5) is 4.45. The number of hydrogen-bond acceptors (Lipinski definition) is 4. The summed E-state index contributed by atoms with van der Waals surface area (Å²) in [7, 11) is 0. The van der Waals surface area contributed by atoms with E-state index in [9.17, 15) is 10.5 Å². The third-order valence-corrected chi connectivity index (χ3v) is 15.5. The van der Waals surface area contributed by atoms with Crippen molar-refractivity contribution in [3.63, 3.8) is 0 Å². The standard InChI is InChI=1S/C80H58N4/c81-57-75(59-41-49-71(50-42-59)83(69-37-21-7-22-38-69)73-53-45-67(46-54-73)79(65-33-17-5-18-34-65)77(61-25-9-1-10-26-61)62-27-11-2-12-28-62)76(58-82)60-43-51-72(52-44-60)84(70-39-23-8-24-40-70)74-55-47-68(48-56-74)80(66-35-19-6-20-36-66)78(63-29-13-3-14-30-63)64-31-15-4-16-32-64/h1-56,77,79H/b76-75+. The summed E-state index contributed by atoms with van der Waals surface area (Å²) in [5, 5.41) is 21.7. The van der Waals surface area contributed by atoms with Crippen LogP contribution in [0.5, 0.6) is 0 Å². The number of nitriles is 2. The second-order valence-electron chi connectivity index (χ2n) is 20.6. The van der Waals surface area contributed by atoms with E-state index in [1.165, 1.54) is 22.3 Å². The van der Waals surface area contributed by atoms with E-state index in [1.54, 1.807) is 0 Å². The molecule has 0 radical (unpaired) electrons. The molecular weight excluding hydrogens is 1020 g/mol. The fraction of sp³-hybridized carbons (Fsp3) is 0.0250. The number of benzene rings is 12. The molecule has 12 rings (SSSR count). The fourth-order valence-corrected chi connectivity index (χ4v) is 11.6. The molecule has 0 aliphatic carbocycles. The van der Waals surface area contributed by atoms with E-state index in [1.807, 2.05) is 84.9 Å². The molecule has 0 aliphatic heterocycles. The quantitative estimate of drug-likeness (QED) is 0.0673. The van der Waals surface area contributed by atoms with Crippen molar-refractivity contribution in [1.29, 1.82) is 10.5 Å². The Labute approximate surface area is 493 Å². The molecule has 1 unspecified atom stereocenters. The van der Waals surface area contributed by atoms with E-state index >= 15 is 0 Å². The predicted octanol–water partition coefficient (Wildman–Crippen LogP) is 20.6. The minimum atomic E-state index is 0.0358. The summed E-state index contributed by atoms with van der Waals surface area (Å²) >= 11 is 0. The molecule has 0 saturated heterocycles. The monoisotopic (exact) mass is 1070 g/mol. The molecule has 84 heavy (non-hydrogen) atoms. The zero-order valence-corrected chi connectivity index (χ0v) is 46.3. The molecule has 0 heterocycles. The van der Waals surface area contributed by atoms with Gasteiger partial charge in [-0.3, -0.25) is 0 Å². The predicted molar refractivity (Wildman–Crippen MR) is 348 cm³/mol. The van der Waals surface area contributed by atoms with Crippen molar-refractivity contribution in [2.75, 3.05) is 9.80 Å². The molecule has 0 spiro atoms. The third kappa shape index (κ3) is 11.5. The van der Waals surface area contributed by atoms with E-state index in [-0.39, 0.29) is 11.8 Å². The van der Waals surface area contributed by atoms with Crippen LogP contribution in [-0.2, 0) is 0 Å². The van der Waals surface area contributed by atoms with Gasteiger partial charge in [-0.15, -0.1) is 0 Å². The van der Waals surface area contributed by atoms with Crippen molar-refractivity contribution in [1.82, 2.24) is 0 Å². The Morgan fingerprint density at radius 2 is 0.417 bits per heavy atom. The Morgan fingerprint density at radius 3 is 0.690 bits per heavy atom. The Balaban J connectivity index is 0.863. The average molecular weight is 1080 g/mol. The summed E-state index contributed by atoms with van der Waals surface area (Å²) in [6, 6.07) is 123. The van der Waals surface area contributed by atoms with Crippen molar-refractivity contribution in [3.05, 3.63) is 395 Å². The highest BCUT2D eigenvalue weighted by Gasteiger charge is 2.29. The zero-order chi connectivity index (χ0) is 56.9. The normalized spacial score (nSPS) is 11.6. The lowest BCUT2D eigenvalue weighted by Gasteiger charge is -2.30. The zero-order valence-electron chi connectivity index (χ0n) is 46.3. The highest BCUT2D eigenvalue weighted by molar-refractivity contribution is 6.05. The van der Waals surface area contributed by atoms with Crippen LogP contribution in [0.3, 0.4) is 0 Å². The van der Waals surface area contributed by atoms with E-state index in [0.717, 1.165) is 67.5 Å². The fourth-order valence-electron chi connectivity index (χ4n) is 11.6. The largest absolute Gasteiger partial charge is 0.311 e. The van der Waals surface area contributed by atoms with Crippen LogP contribution < -0.4 is 9.80 Å². The summed E-state index contributed by atoms with van der Waals surface area (Å²) in [5.41, 5.74) is 19.4. The second kappa shape index (κ2) is 25.4. The number of allylic oxidation sites excluding steroid dienone is 2. The number of para-hydroxylation sites is 2. The van der Waals surface area contributed by atoms with Crippen LogP contribution >= 0.6 is 0 Å². The lowest BCUT2D eigenvalue weighted by Crippen LogP contribution is -2.15. The smallest absolute Gasteiger partial charge is 0.101 e. The molecule has 12 aromatic rings. The summed E-state index contributed by atoms with van der Waals surface area (Å²) in [6.45, 7) is 0. The molecule has 4 nitrogen and oxygen atoms in total. The van der Waals surface area contributed by atoms with Crippen LogP contribution in [-0.4, -0.2) is 0 Å². The molecule has 0 saturated carbocycles. The van der Waals surface area contributed by atoms with Crippen LogP contribution in [0.4, 0.5) is 34.1 Å². The van der Waals surface area contributed by atoms with Gasteiger partial charge in [-0.2, -0.15) is 10.5 Å². The number of anilines is 6. The van der Waals surface area contributed by atoms with Gasteiger partial charge in [0.05, 0.1) is 11.1 Å². The van der Waals surface area contributed by atoms with Crippen LogP contribution in [0.2, 0.25) is 0 Å². The Hall–Kier alpha value is -11.3. The minimum absolute atomic E-state index is 0.0358. The van der Waals surface area contributed by atoms with E-state index in [4.69, 9.17) is 0 Å².